The maximum Gasteiger partial charge on any atom is 0.122 e. The van der Waals surface area contributed by atoms with E-state index in [0.29, 0.717) is 11.5 Å². The van der Waals surface area contributed by atoms with Gasteiger partial charge in [-0.05, 0) is 86.5 Å². The van der Waals surface area contributed by atoms with E-state index in [1.165, 1.54) is 11.3 Å². The summed E-state index contributed by atoms with van der Waals surface area (Å²) >= 11 is 0. The topological polar surface area (TPSA) is 57.2 Å². The number of aromatic nitrogens is 1. The molecule has 2 N–H and O–H groups in total. The predicted molar refractivity (Wildman–Crippen MR) is 102 cm³/mol. The minimum absolute atomic E-state index is 0.618. The summed E-state index contributed by atoms with van der Waals surface area (Å²) in [6.45, 7) is 6.84. The third kappa shape index (κ3) is 3.52. The molecule has 4 nitrogen and oxygen atoms in total. The van der Waals surface area contributed by atoms with Gasteiger partial charge in [0.2, 0.25) is 0 Å². The molecule has 0 fully saturated rings. The molecule has 2 aromatic carbocycles. The minimum atomic E-state index is -1.46. The van der Waals surface area contributed by atoms with Crippen LogP contribution in [0.4, 0.5) is 0 Å². The molecule has 5 heteroatoms. The minimum Gasteiger partial charge on any atom is -0.494 e. The zero-order valence-corrected chi connectivity index (χ0v) is 15.5. The molecule has 3 rings (SSSR count). The quantitative estimate of drug-likeness (QED) is 0.748. The van der Waals surface area contributed by atoms with Crippen molar-refractivity contribution in [3.05, 3.63) is 65.9 Å². The second-order valence-electron chi connectivity index (χ2n) is 5.88. The highest BCUT2D eigenvalue weighted by Crippen LogP contribution is 2.30. The molecule has 1 aromatic heterocycles. The highest BCUT2D eigenvalue weighted by molar-refractivity contribution is 7.82. The van der Waals surface area contributed by atoms with Crippen LogP contribution >= 0.6 is 0 Å². The van der Waals surface area contributed by atoms with Gasteiger partial charge in [0.05, 0.1) is 17.2 Å². The van der Waals surface area contributed by atoms with E-state index in [0.717, 1.165) is 22.7 Å². The smallest absolute Gasteiger partial charge is 0.122 e. The molecule has 1 unspecified atom stereocenters. The van der Waals surface area contributed by atoms with Crippen molar-refractivity contribution >= 4 is 11.0 Å². The third-order valence-corrected chi connectivity index (χ3v) is 5.03. The zero-order valence-electron chi connectivity index (χ0n) is 14.7. The molecule has 0 aliphatic heterocycles. The summed E-state index contributed by atoms with van der Waals surface area (Å²) in [6, 6.07) is 17.8. The first-order valence-electron chi connectivity index (χ1n) is 8.20. The SMILES string of the molecule is CCOc1ccc(-c2cc(C)c(C)n2-c2ccc(S(N)=O)cc2)cc1. The van der Waals surface area contributed by atoms with Gasteiger partial charge in [-0.25, -0.2) is 9.35 Å². The van der Waals surface area contributed by atoms with Gasteiger partial charge in [0.15, 0.2) is 0 Å². The molecule has 0 spiro atoms. The fraction of sp³-hybridized carbons (Fsp3) is 0.200. The van der Waals surface area contributed by atoms with E-state index < -0.39 is 11.0 Å². The van der Waals surface area contributed by atoms with Crippen LogP contribution in [-0.4, -0.2) is 15.4 Å². The Kier molecular flexibility index (Phi) is 5.06. The van der Waals surface area contributed by atoms with Crippen LogP contribution in [-0.2, 0) is 11.0 Å². The monoisotopic (exact) mass is 354 g/mol. The number of ether oxygens (including phenoxy) is 1. The summed E-state index contributed by atoms with van der Waals surface area (Å²) in [4.78, 5) is 0.618. The number of nitrogens with zero attached hydrogens (tertiary/aromatic N) is 1. The second-order valence-corrected chi connectivity index (χ2v) is 6.95. The fourth-order valence-electron chi connectivity index (χ4n) is 2.89. The van der Waals surface area contributed by atoms with Crippen LogP contribution in [0.2, 0.25) is 0 Å². The summed E-state index contributed by atoms with van der Waals surface area (Å²) in [6.07, 6.45) is 0. The normalized spacial score (nSPS) is 12.2. The van der Waals surface area contributed by atoms with Gasteiger partial charge in [-0.1, -0.05) is 0 Å². The van der Waals surface area contributed by atoms with Crippen molar-refractivity contribution in [1.29, 1.82) is 0 Å². The Morgan fingerprint density at radius 2 is 1.68 bits per heavy atom. The van der Waals surface area contributed by atoms with Crippen molar-refractivity contribution in [1.82, 2.24) is 4.57 Å². The van der Waals surface area contributed by atoms with Crippen molar-refractivity contribution in [2.75, 3.05) is 6.61 Å². The molecule has 1 heterocycles. The molecule has 0 radical (unpaired) electrons. The third-order valence-electron chi connectivity index (χ3n) is 4.29. The van der Waals surface area contributed by atoms with Gasteiger partial charge in [-0.3, -0.25) is 0 Å². The first-order chi connectivity index (χ1) is 12.0. The lowest BCUT2D eigenvalue weighted by molar-refractivity contribution is 0.340. The Balaban J connectivity index is 2.06. The van der Waals surface area contributed by atoms with Crippen molar-refractivity contribution in [2.45, 2.75) is 25.7 Å². The van der Waals surface area contributed by atoms with Gasteiger partial charge < -0.3 is 9.30 Å². The molecular weight excluding hydrogens is 332 g/mol. The Morgan fingerprint density at radius 1 is 1.04 bits per heavy atom. The van der Waals surface area contributed by atoms with Crippen molar-refractivity contribution in [3.8, 4) is 22.7 Å². The molecule has 0 amide bonds. The highest BCUT2D eigenvalue weighted by atomic mass is 32.2. The number of benzene rings is 2. The summed E-state index contributed by atoms with van der Waals surface area (Å²) in [5, 5.41) is 5.45. The van der Waals surface area contributed by atoms with Gasteiger partial charge in [0.25, 0.3) is 0 Å². The lowest BCUT2D eigenvalue weighted by Crippen LogP contribution is -2.04. The number of aryl methyl sites for hydroxylation is 1. The predicted octanol–water partition coefficient (Wildman–Crippen LogP) is 4.14. The van der Waals surface area contributed by atoms with E-state index in [4.69, 9.17) is 9.88 Å². The number of hydrogen-bond acceptors (Lipinski definition) is 2. The Labute approximate surface area is 150 Å². The molecule has 0 aliphatic carbocycles. The van der Waals surface area contributed by atoms with Crippen LogP contribution in [0.5, 0.6) is 5.75 Å². The van der Waals surface area contributed by atoms with Crippen molar-refractivity contribution in [2.24, 2.45) is 5.14 Å². The van der Waals surface area contributed by atoms with Crippen LogP contribution in [0.25, 0.3) is 16.9 Å². The van der Waals surface area contributed by atoms with Gasteiger partial charge in [-0.2, -0.15) is 0 Å². The molecule has 0 aliphatic rings. The van der Waals surface area contributed by atoms with Crippen molar-refractivity contribution < 1.29 is 8.95 Å². The standard InChI is InChI=1S/C20H22N2O2S/c1-4-24-18-9-5-16(6-10-18)20-13-14(2)15(3)22(20)17-7-11-19(12-8-17)25(21)23/h5-13H,4,21H2,1-3H3. The lowest BCUT2D eigenvalue weighted by atomic mass is 10.1. The molecule has 0 bridgehead atoms. The maximum absolute atomic E-state index is 11.4. The van der Waals surface area contributed by atoms with E-state index >= 15 is 0 Å². The maximum atomic E-state index is 11.4. The second kappa shape index (κ2) is 7.25. The van der Waals surface area contributed by atoms with Gasteiger partial charge in [-0.15, -0.1) is 0 Å². The van der Waals surface area contributed by atoms with Gasteiger partial charge in [0.1, 0.15) is 16.7 Å². The highest BCUT2D eigenvalue weighted by Gasteiger charge is 2.13. The molecular formula is C20H22N2O2S. The van der Waals surface area contributed by atoms with E-state index in [2.05, 4.69) is 36.6 Å². The zero-order chi connectivity index (χ0) is 18.0. The fourth-order valence-corrected chi connectivity index (χ4v) is 3.30. The van der Waals surface area contributed by atoms with Crippen molar-refractivity contribution in [3.63, 3.8) is 0 Å². The molecule has 0 saturated heterocycles. The first-order valence-corrected chi connectivity index (χ1v) is 9.41. The lowest BCUT2D eigenvalue weighted by Gasteiger charge is -2.13. The largest absolute Gasteiger partial charge is 0.494 e. The summed E-state index contributed by atoms with van der Waals surface area (Å²) < 4.78 is 19.1. The first kappa shape index (κ1) is 17.5. The van der Waals surface area contributed by atoms with Crippen LogP contribution < -0.4 is 9.88 Å². The molecule has 3 aromatic rings. The number of hydrogen-bond donors (Lipinski definition) is 1. The molecule has 130 valence electrons. The van der Waals surface area contributed by atoms with Crippen LogP contribution in [0.1, 0.15) is 18.2 Å². The molecule has 25 heavy (non-hydrogen) atoms. The van der Waals surface area contributed by atoms with E-state index in [1.807, 2.05) is 43.3 Å². The van der Waals surface area contributed by atoms with E-state index in [1.54, 1.807) is 0 Å². The Bertz CT molecular complexity index is 897. The van der Waals surface area contributed by atoms with Crippen LogP contribution in [0, 0.1) is 13.8 Å². The molecule has 0 saturated carbocycles. The molecule has 1 atom stereocenters. The number of nitrogens with two attached hydrogens (primary N) is 1. The van der Waals surface area contributed by atoms with E-state index in [-0.39, 0.29) is 0 Å². The van der Waals surface area contributed by atoms with Gasteiger partial charge in [0, 0.05) is 11.4 Å². The van der Waals surface area contributed by atoms with Gasteiger partial charge >= 0.3 is 0 Å². The average molecular weight is 354 g/mol. The Hall–Kier alpha value is -2.37. The van der Waals surface area contributed by atoms with E-state index in [9.17, 15) is 4.21 Å². The number of rotatable bonds is 5. The van der Waals surface area contributed by atoms with Crippen LogP contribution in [0.3, 0.4) is 0 Å². The summed E-state index contributed by atoms with van der Waals surface area (Å²) in [5.74, 6) is 0.868. The summed E-state index contributed by atoms with van der Waals surface area (Å²) in [7, 11) is -1.46. The van der Waals surface area contributed by atoms with Crippen LogP contribution in [0.15, 0.2) is 59.5 Å². The average Bonchev–Trinajstić information content (AvgIpc) is 2.91. The Morgan fingerprint density at radius 3 is 2.24 bits per heavy atom. The summed E-state index contributed by atoms with van der Waals surface area (Å²) in [5.41, 5.74) is 5.63.